The van der Waals surface area contributed by atoms with Crippen LogP contribution in [0.15, 0.2) is 121 Å². The Hall–Kier alpha value is -10.2. The van der Waals surface area contributed by atoms with E-state index in [-0.39, 0.29) is 88.4 Å². The molecule has 4 heterocycles. The molecule has 1 aromatic heterocycles. The van der Waals surface area contributed by atoms with Crippen LogP contribution < -0.4 is 65.1 Å². The van der Waals surface area contributed by atoms with Crippen LogP contribution in [-0.2, 0) is 101 Å². The number of amides is 11. The molecule has 0 unspecified atom stereocenters. The van der Waals surface area contributed by atoms with Crippen LogP contribution in [0.2, 0.25) is 0 Å². The summed E-state index contributed by atoms with van der Waals surface area (Å²) in [6.45, 7) is 6.77. The molecule has 5 aromatic rings. The Bertz CT molecular complexity index is 3800. The zero-order valence-electron chi connectivity index (χ0n) is 60.1. The van der Waals surface area contributed by atoms with Crippen LogP contribution in [0.3, 0.4) is 0 Å². The molecule has 106 heavy (non-hydrogen) atoms. The van der Waals surface area contributed by atoms with E-state index in [9.17, 15) is 39.3 Å². The number of nitrogens with two attached hydrogens (primary N) is 3. The lowest BCUT2D eigenvalue weighted by Crippen LogP contribution is -2.62. The molecule has 18 N–H and O–H groups in total. The van der Waals surface area contributed by atoms with Gasteiger partial charge < -0.3 is 94.7 Å². The summed E-state index contributed by atoms with van der Waals surface area (Å²) in [4.78, 5) is 165. The second-order valence-electron chi connectivity index (χ2n) is 27.9. The van der Waals surface area contributed by atoms with E-state index in [4.69, 9.17) is 26.7 Å². The van der Waals surface area contributed by atoms with E-state index < -0.39 is 181 Å². The molecule has 8 rings (SSSR count). The summed E-state index contributed by atoms with van der Waals surface area (Å²) in [6.07, 6.45) is -5.56. The maximum absolute atomic E-state index is 15.4. The Balaban J connectivity index is 1.23. The van der Waals surface area contributed by atoms with Crippen molar-refractivity contribution in [3.63, 3.8) is 0 Å². The first-order chi connectivity index (χ1) is 50.7. The summed E-state index contributed by atoms with van der Waals surface area (Å²) in [5.74, 6) is -10.7. The van der Waals surface area contributed by atoms with Gasteiger partial charge in [0.15, 0.2) is 6.29 Å². The molecule has 32 nitrogen and oxygen atoms in total. The first kappa shape index (κ1) is 81.4. The first-order valence-electron chi connectivity index (χ1n) is 35.8. The minimum absolute atomic E-state index is 0.0140. The maximum Gasteiger partial charge on any atom is 0.246 e. The van der Waals surface area contributed by atoms with Crippen LogP contribution in [0.4, 0.5) is 0 Å². The molecule has 572 valence electrons. The molecule has 0 bridgehead atoms. The van der Waals surface area contributed by atoms with Crippen molar-refractivity contribution < 1.29 is 77.5 Å². The lowest BCUT2D eigenvalue weighted by molar-refractivity contribution is -0.254. The van der Waals surface area contributed by atoms with Gasteiger partial charge in [-0.2, -0.15) is 0 Å². The smallest absolute Gasteiger partial charge is 0.246 e. The molecule has 0 radical (unpaired) electrons. The lowest BCUT2D eigenvalue weighted by Gasteiger charge is -2.40. The normalized spacial score (nSPS) is 26.8. The molecule has 15 atom stereocenters. The van der Waals surface area contributed by atoms with Gasteiger partial charge in [0.1, 0.15) is 84.5 Å². The average molecular weight is 1470 g/mol. The monoisotopic (exact) mass is 1470 g/mol. The number of rotatable bonds is 22. The van der Waals surface area contributed by atoms with Gasteiger partial charge in [-0.1, -0.05) is 136 Å². The van der Waals surface area contributed by atoms with Gasteiger partial charge in [-0.25, -0.2) is 4.68 Å². The van der Waals surface area contributed by atoms with Gasteiger partial charge in [0.05, 0.1) is 18.3 Å². The second kappa shape index (κ2) is 39.2. The number of phenols is 1. The van der Waals surface area contributed by atoms with E-state index in [1.54, 1.807) is 105 Å². The van der Waals surface area contributed by atoms with Crippen molar-refractivity contribution in [2.24, 2.45) is 29.0 Å². The molecule has 11 amide bonds. The van der Waals surface area contributed by atoms with Crippen LogP contribution >= 0.6 is 0 Å². The van der Waals surface area contributed by atoms with Crippen molar-refractivity contribution >= 4 is 65.0 Å². The number of phenolic OH excluding ortho intramolecular Hbond substituents is 1. The van der Waals surface area contributed by atoms with Crippen molar-refractivity contribution in [2.75, 3.05) is 20.2 Å². The van der Waals surface area contributed by atoms with Gasteiger partial charge in [-0.3, -0.25) is 52.7 Å². The Morgan fingerprint density at radius 2 is 1.01 bits per heavy atom. The van der Waals surface area contributed by atoms with Crippen LogP contribution in [-0.4, -0.2) is 211 Å². The van der Waals surface area contributed by atoms with E-state index >= 15 is 28.8 Å². The Morgan fingerprint density at radius 1 is 0.566 bits per heavy atom. The predicted molar refractivity (Wildman–Crippen MR) is 385 cm³/mol. The summed E-state index contributed by atoms with van der Waals surface area (Å²) in [5.41, 5.74) is 19.8. The fourth-order valence-electron chi connectivity index (χ4n) is 13.0. The number of methoxy groups -OCH3 is 1. The van der Waals surface area contributed by atoms with Crippen molar-refractivity contribution in [3.05, 3.63) is 149 Å². The van der Waals surface area contributed by atoms with Crippen molar-refractivity contribution in [2.45, 2.75) is 202 Å². The summed E-state index contributed by atoms with van der Waals surface area (Å²) < 4.78 is 12.4. The van der Waals surface area contributed by atoms with E-state index in [0.717, 1.165) is 0 Å². The standard InChI is InChI=1S/C74H100N16O16/c1-41(2)33-51-66(97)85-56(37-45-21-13-8-14-22-45)73(104)90-32-16-24-57(90)71(102)84-53(35-44-19-11-7-12-20-44)68(99)82-52(34-43-17-9-6-10-18-43)67(98)83-55(38-47-39-89(88-87-47)40-58-62(93)63(94)60(77)74(105-5)106-58)69(100)78-50(29-30-59(76)92)65(96)81-54(36-46-25-27-48(91)28-26-46)70(101)86-61(42(3)4)72(103)79-49(23-15-31-75)64(95)80-51/h6-14,17-22,25-28,39,41-42,49-58,60-63,74,91,93-94H,15-16,23-24,29-38,40,75,77H2,1-5H3,(H2,76,92)(H,78,100)(H,79,103)(H,80,95)(H,81,96)(H,82,99)(H,83,98)(H,84,102)(H,85,97)(H,86,101)/t49-,50-,51-,52+,53-,54-,55-,56+,57-,58+,60+,61-,62+,63+,74+/m0/s1. The van der Waals surface area contributed by atoms with Crippen molar-refractivity contribution in [3.8, 4) is 5.75 Å². The highest BCUT2D eigenvalue weighted by Gasteiger charge is 2.45. The molecule has 4 aromatic carbocycles. The number of hydrogen-bond donors (Lipinski definition) is 15. The number of aliphatic hydroxyl groups is 2. The Morgan fingerprint density at radius 3 is 1.52 bits per heavy atom. The fourth-order valence-corrected chi connectivity index (χ4v) is 13.0. The van der Waals surface area contributed by atoms with Crippen LogP contribution in [0, 0.1) is 11.8 Å². The van der Waals surface area contributed by atoms with E-state index in [2.05, 4.69) is 58.2 Å². The number of aromatic nitrogens is 3. The van der Waals surface area contributed by atoms with Crippen molar-refractivity contribution in [1.29, 1.82) is 0 Å². The summed E-state index contributed by atoms with van der Waals surface area (Å²) in [6, 6.07) is 15.8. The molecular formula is C74H100N16O16. The number of carbonyl (C=O) groups is 11. The second-order valence-corrected chi connectivity index (χ2v) is 27.9. The number of hydrogen-bond acceptors (Lipinski definition) is 20. The third-order valence-electron chi connectivity index (χ3n) is 18.8. The summed E-state index contributed by atoms with van der Waals surface area (Å²) >= 11 is 0. The Kier molecular flexibility index (Phi) is 30.1. The fraction of sp³-hybridized carbons (Fsp3) is 0.500. The molecule has 0 spiro atoms. The van der Waals surface area contributed by atoms with Gasteiger partial charge >= 0.3 is 0 Å². The van der Waals surface area contributed by atoms with Gasteiger partial charge in [0, 0.05) is 58.4 Å². The van der Waals surface area contributed by atoms with Crippen LogP contribution in [0.25, 0.3) is 0 Å². The molecule has 3 aliphatic heterocycles. The molecule has 3 fully saturated rings. The largest absolute Gasteiger partial charge is 0.508 e. The zero-order chi connectivity index (χ0) is 76.7. The van der Waals surface area contributed by atoms with Gasteiger partial charge in [-0.05, 0) is 91.3 Å². The number of benzene rings is 4. The number of primary amides is 1. The number of ether oxygens (including phenoxy) is 2. The highest BCUT2D eigenvalue weighted by Crippen LogP contribution is 2.24. The summed E-state index contributed by atoms with van der Waals surface area (Å²) in [5, 5.41) is 65.4. The van der Waals surface area contributed by atoms with Crippen LogP contribution in [0.1, 0.15) is 101 Å². The Labute approximate surface area is 614 Å². The lowest BCUT2D eigenvalue weighted by atomic mass is 9.97. The van der Waals surface area contributed by atoms with Crippen LogP contribution in [0.5, 0.6) is 5.75 Å². The quantitative estimate of drug-likeness (QED) is 0.0356. The number of fused-ring (bicyclic) bond motifs is 1. The van der Waals surface area contributed by atoms with Gasteiger partial charge in [0.2, 0.25) is 65.0 Å². The average Bonchev–Trinajstić information content (AvgIpc) is 1.58. The predicted octanol–water partition coefficient (Wildman–Crippen LogP) is -2.01. The number of nitrogens with zero attached hydrogens (tertiary/aromatic N) is 4. The third-order valence-corrected chi connectivity index (χ3v) is 18.8. The molecule has 3 saturated heterocycles. The molecular weight excluding hydrogens is 1370 g/mol. The number of aromatic hydroxyl groups is 1. The zero-order valence-corrected chi connectivity index (χ0v) is 60.1. The number of nitrogens with one attached hydrogen (secondary N) is 9. The van der Waals surface area contributed by atoms with E-state index in [1.807, 2.05) is 13.8 Å². The minimum Gasteiger partial charge on any atom is -0.508 e. The summed E-state index contributed by atoms with van der Waals surface area (Å²) in [7, 11) is 1.30. The highest BCUT2D eigenvalue weighted by atomic mass is 16.7. The van der Waals surface area contributed by atoms with E-state index in [1.165, 1.54) is 47.2 Å². The number of aliphatic hydroxyl groups excluding tert-OH is 2. The minimum atomic E-state index is -1.76. The van der Waals surface area contributed by atoms with Crippen molar-refractivity contribution in [1.82, 2.24) is 67.7 Å². The van der Waals surface area contributed by atoms with Gasteiger partial charge in [-0.15, -0.1) is 5.10 Å². The van der Waals surface area contributed by atoms with E-state index in [0.29, 0.717) is 28.7 Å². The molecule has 0 aliphatic carbocycles. The number of carbonyl (C=O) groups excluding carboxylic acids is 11. The highest BCUT2D eigenvalue weighted by molar-refractivity contribution is 6.00. The SMILES string of the molecule is CO[C@@H]1O[C@H](Cn2cc(C[C@@H]3NC(=O)[C@@H](Cc4ccccc4)NC(=O)[C@H](Cc4ccccc4)NC(=O)[C@@H]4CCCN4C(=O)[C@@H](Cc4ccccc4)NC(=O)[C@H](CC(C)C)NC(=O)[C@H](CCCN)NC(=O)[C@H](C(C)C)NC(=O)[C@H](Cc4ccc(O)cc4)NC(=O)[C@H](CCC(N)=O)NC3=O)nn2)[C@@H](O)[C@H](O)[C@H]1N. The maximum atomic E-state index is 15.4. The van der Waals surface area contributed by atoms with Gasteiger partial charge in [0.25, 0.3) is 0 Å². The third kappa shape index (κ3) is 23.4. The molecule has 3 aliphatic rings. The molecule has 0 saturated carbocycles. The molecule has 32 heteroatoms. The topological polar surface area (TPSA) is 487 Å². The first-order valence-corrected chi connectivity index (χ1v) is 35.8.